The summed E-state index contributed by atoms with van der Waals surface area (Å²) in [5, 5.41) is 16.9. The van der Waals surface area contributed by atoms with E-state index in [0.717, 1.165) is 5.56 Å². The van der Waals surface area contributed by atoms with Crippen LogP contribution < -0.4 is 16.5 Å². The van der Waals surface area contributed by atoms with Gasteiger partial charge in [0.2, 0.25) is 5.43 Å². The Balaban J connectivity index is 2.10. The van der Waals surface area contributed by atoms with Crippen LogP contribution in [0.25, 0.3) is 22.5 Å². The molecule has 0 fully saturated rings. The zero-order chi connectivity index (χ0) is 21.6. The lowest BCUT2D eigenvalue weighted by Crippen LogP contribution is -2.20. The summed E-state index contributed by atoms with van der Waals surface area (Å²) in [5.41, 5.74) is 6.09. The van der Waals surface area contributed by atoms with Gasteiger partial charge < -0.3 is 16.2 Å². The monoisotopic (exact) mass is 425 g/mol. The Hall–Kier alpha value is -3.92. The van der Waals surface area contributed by atoms with E-state index in [0.29, 0.717) is 17.3 Å². The summed E-state index contributed by atoms with van der Waals surface area (Å²) in [6, 6.07) is 4.77. The fraction of sp³-hybridized carbons (Fsp3) is 0.105. The molecule has 0 bridgehead atoms. The number of anilines is 2. The molecule has 10 nitrogen and oxygen atoms in total. The van der Waals surface area contributed by atoms with Gasteiger partial charge in [-0.25, -0.2) is 19.4 Å². The molecule has 4 aromatic rings. The zero-order valence-corrected chi connectivity index (χ0v) is 16.7. The normalized spacial score (nSPS) is 11.0. The van der Waals surface area contributed by atoms with Crippen LogP contribution in [0, 0.1) is 6.92 Å². The first-order chi connectivity index (χ1) is 14.3. The first-order valence-electron chi connectivity index (χ1n) is 8.75. The van der Waals surface area contributed by atoms with E-state index in [9.17, 15) is 14.7 Å². The molecule has 4 rings (SSSR count). The number of nitrogens with one attached hydrogen (secondary N) is 1. The minimum atomic E-state index is -1.36. The van der Waals surface area contributed by atoms with Crippen molar-refractivity contribution in [3.8, 4) is 11.5 Å². The number of hydrogen-bond acceptors (Lipinski definition) is 7. The number of aromatic carboxylic acids is 1. The Bertz CT molecular complexity index is 1380. The molecule has 0 saturated carbocycles. The van der Waals surface area contributed by atoms with Gasteiger partial charge in [0.05, 0.1) is 22.3 Å². The van der Waals surface area contributed by atoms with Gasteiger partial charge in [0, 0.05) is 25.5 Å². The van der Waals surface area contributed by atoms with E-state index in [-0.39, 0.29) is 21.9 Å². The molecule has 0 unspecified atom stereocenters. The van der Waals surface area contributed by atoms with Crippen LogP contribution in [-0.4, -0.2) is 42.4 Å². The van der Waals surface area contributed by atoms with Gasteiger partial charge in [0.25, 0.3) is 0 Å². The van der Waals surface area contributed by atoms with Crippen LogP contribution in [0.2, 0.25) is 5.02 Å². The number of carbonyl (C=O) groups is 1. The van der Waals surface area contributed by atoms with Gasteiger partial charge in [-0.1, -0.05) is 11.6 Å². The van der Waals surface area contributed by atoms with E-state index in [1.807, 2.05) is 0 Å². The number of rotatable bonds is 4. The average molecular weight is 426 g/mol. The Morgan fingerprint density at radius 3 is 2.73 bits per heavy atom. The van der Waals surface area contributed by atoms with E-state index in [1.54, 1.807) is 32.3 Å². The second kappa shape index (κ2) is 7.16. The number of carboxylic acids is 1. The highest BCUT2D eigenvalue weighted by atomic mass is 35.5. The second-order valence-electron chi connectivity index (χ2n) is 6.50. The molecule has 30 heavy (non-hydrogen) atoms. The second-order valence-corrected chi connectivity index (χ2v) is 6.91. The fourth-order valence-corrected chi connectivity index (χ4v) is 3.35. The molecule has 0 radical (unpaired) electrons. The predicted molar refractivity (Wildman–Crippen MR) is 113 cm³/mol. The molecule has 0 amide bonds. The molecule has 0 aromatic carbocycles. The highest BCUT2D eigenvalue weighted by Crippen LogP contribution is 2.26. The number of aryl methyl sites for hydroxylation is 1. The van der Waals surface area contributed by atoms with Crippen LogP contribution in [-0.2, 0) is 0 Å². The van der Waals surface area contributed by atoms with E-state index in [2.05, 4.69) is 20.4 Å². The molecule has 4 heterocycles. The number of nitrogen functional groups attached to an aromatic ring is 1. The van der Waals surface area contributed by atoms with Crippen LogP contribution in [0.15, 0.2) is 41.6 Å². The van der Waals surface area contributed by atoms with Gasteiger partial charge in [0.1, 0.15) is 17.2 Å². The molecule has 0 aliphatic heterocycles. The number of halogens is 1. The summed E-state index contributed by atoms with van der Waals surface area (Å²) in [7, 11) is 1.73. The molecule has 152 valence electrons. The van der Waals surface area contributed by atoms with Crippen LogP contribution in [0.4, 0.5) is 11.6 Å². The average Bonchev–Trinajstić information content (AvgIpc) is 3.17. The largest absolute Gasteiger partial charge is 0.477 e. The molecular weight excluding hydrogens is 410 g/mol. The quantitative estimate of drug-likeness (QED) is 0.452. The summed E-state index contributed by atoms with van der Waals surface area (Å²) in [4.78, 5) is 33.1. The number of fused-ring (bicyclic) bond motifs is 1. The molecule has 4 N–H and O–H groups in total. The summed E-state index contributed by atoms with van der Waals surface area (Å²) < 4.78 is 2.95. The number of nitrogens with two attached hydrogens (primary N) is 1. The molecule has 4 aromatic heterocycles. The lowest BCUT2D eigenvalue weighted by atomic mass is 10.1. The SMILES string of the molecule is CNc1ccn(-c2nc3c(cc2Cl)c(=O)c(C(=O)O)cn3-c2cnc(N)cc2C)n1. The van der Waals surface area contributed by atoms with E-state index in [1.165, 1.54) is 27.7 Å². The molecule has 0 saturated heterocycles. The van der Waals surface area contributed by atoms with Crippen molar-refractivity contribution in [1.29, 1.82) is 0 Å². The van der Waals surface area contributed by atoms with Crippen molar-refractivity contribution in [1.82, 2.24) is 24.3 Å². The minimum absolute atomic E-state index is 0.0564. The predicted octanol–water partition coefficient (Wildman–Crippen LogP) is 2.25. The summed E-state index contributed by atoms with van der Waals surface area (Å²) in [5.74, 6) is -0.163. The Kier molecular flexibility index (Phi) is 4.63. The van der Waals surface area contributed by atoms with E-state index in [4.69, 9.17) is 17.3 Å². The number of nitrogens with zero attached hydrogens (tertiary/aromatic N) is 5. The fourth-order valence-electron chi connectivity index (χ4n) is 3.11. The van der Waals surface area contributed by atoms with Crippen LogP contribution >= 0.6 is 11.6 Å². The van der Waals surface area contributed by atoms with Crippen molar-refractivity contribution in [3.05, 3.63) is 63.2 Å². The number of pyridine rings is 3. The van der Waals surface area contributed by atoms with Crippen LogP contribution in [0.3, 0.4) is 0 Å². The lowest BCUT2D eigenvalue weighted by molar-refractivity contribution is 0.0695. The van der Waals surface area contributed by atoms with Crippen molar-refractivity contribution in [2.24, 2.45) is 0 Å². The van der Waals surface area contributed by atoms with Crippen LogP contribution in [0.1, 0.15) is 15.9 Å². The smallest absolute Gasteiger partial charge is 0.341 e. The van der Waals surface area contributed by atoms with Crippen molar-refractivity contribution in [3.63, 3.8) is 0 Å². The Labute approximate surface area is 174 Å². The summed E-state index contributed by atoms with van der Waals surface area (Å²) >= 11 is 6.38. The molecule has 11 heteroatoms. The van der Waals surface area contributed by atoms with Crippen molar-refractivity contribution in [2.45, 2.75) is 6.92 Å². The number of carboxylic acid groups (broad SMARTS) is 1. The Morgan fingerprint density at radius 1 is 1.33 bits per heavy atom. The molecular formula is C19H16ClN7O3. The van der Waals surface area contributed by atoms with Crippen LogP contribution in [0.5, 0.6) is 0 Å². The highest BCUT2D eigenvalue weighted by molar-refractivity contribution is 6.32. The summed E-state index contributed by atoms with van der Waals surface area (Å²) in [6.07, 6.45) is 4.37. The molecule has 0 aliphatic rings. The minimum Gasteiger partial charge on any atom is -0.477 e. The topological polar surface area (TPSA) is 141 Å². The van der Waals surface area contributed by atoms with E-state index >= 15 is 0 Å². The van der Waals surface area contributed by atoms with Crippen molar-refractivity contribution >= 4 is 40.2 Å². The van der Waals surface area contributed by atoms with Gasteiger partial charge in [-0.3, -0.25) is 9.36 Å². The molecule has 0 aliphatic carbocycles. The van der Waals surface area contributed by atoms with E-state index < -0.39 is 17.0 Å². The third-order valence-corrected chi connectivity index (χ3v) is 4.85. The third-order valence-electron chi connectivity index (χ3n) is 4.57. The first kappa shape index (κ1) is 19.4. The Morgan fingerprint density at radius 2 is 2.10 bits per heavy atom. The lowest BCUT2D eigenvalue weighted by Gasteiger charge is -2.15. The highest BCUT2D eigenvalue weighted by Gasteiger charge is 2.20. The maximum absolute atomic E-state index is 12.8. The number of aromatic nitrogens is 5. The van der Waals surface area contributed by atoms with Gasteiger partial charge >= 0.3 is 5.97 Å². The molecule has 0 atom stereocenters. The van der Waals surface area contributed by atoms with Crippen molar-refractivity contribution in [2.75, 3.05) is 18.1 Å². The van der Waals surface area contributed by atoms with Gasteiger partial charge in [0.15, 0.2) is 11.5 Å². The first-order valence-corrected chi connectivity index (χ1v) is 9.13. The maximum atomic E-state index is 12.8. The zero-order valence-electron chi connectivity index (χ0n) is 15.9. The van der Waals surface area contributed by atoms with Gasteiger partial charge in [-0.2, -0.15) is 0 Å². The molecule has 0 spiro atoms. The third kappa shape index (κ3) is 3.12. The summed E-state index contributed by atoms with van der Waals surface area (Å²) in [6.45, 7) is 1.79. The maximum Gasteiger partial charge on any atom is 0.341 e. The van der Waals surface area contributed by atoms with Gasteiger partial charge in [-0.15, -0.1) is 5.10 Å². The standard InChI is InChI=1S/C19H16ClN7O3/c1-9-5-14(21)23-7-13(9)26-8-11(19(29)30)16(28)10-6-12(20)18(24-17(10)26)27-4-3-15(22-2)25-27/h3-8H,1-2H3,(H2,21,23)(H,22,25)(H,29,30). The number of hydrogen-bond donors (Lipinski definition) is 3. The van der Waals surface area contributed by atoms with Crippen molar-refractivity contribution < 1.29 is 9.90 Å². The van der Waals surface area contributed by atoms with Gasteiger partial charge in [-0.05, 0) is 24.6 Å².